The summed E-state index contributed by atoms with van der Waals surface area (Å²) < 4.78 is 18.5. The molecule has 0 radical (unpaired) electrons. The third kappa shape index (κ3) is 5.19. The zero-order valence-electron chi connectivity index (χ0n) is 20.4. The molecule has 2 aliphatic rings. The van der Waals surface area contributed by atoms with Crippen molar-refractivity contribution >= 4 is 5.97 Å². The highest BCUT2D eigenvalue weighted by Gasteiger charge is 2.38. The van der Waals surface area contributed by atoms with Gasteiger partial charge in [0.1, 0.15) is 29.8 Å². The second-order valence-corrected chi connectivity index (χ2v) is 10.4. The SMILES string of the molecule is Cc1c(CC[C@H]2C[C@H](O)CC(=O)O2)c2c(c(C(C)C)c1OCc1ccccc1)CC(C)(C)O2. The highest BCUT2D eigenvalue weighted by molar-refractivity contribution is 5.71. The van der Waals surface area contributed by atoms with E-state index < -0.39 is 6.10 Å². The maximum Gasteiger partial charge on any atom is 0.308 e. The van der Waals surface area contributed by atoms with Crippen molar-refractivity contribution in [1.82, 2.24) is 0 Å². The van der Waals surface area contributed by atoms with E-state index in [1.54, 1.807) is 0 Å². The first-order chi connectivity index (χ1) is 15.6. The number of aliphatic hydroxyl groups excluding tert-OH is 1. The molecular formula is C28H36O5. The molecule has 2 aromatic carbocycles. The molecule has 1 saturated heterocycles. The molecule has 2 aliphatic heterocycles. The zero-order valence-corrected chi connectivity index (χ0v) is 20.4. The summed E-state index contributed by atoms with van der Waals surface area (Å²) in [4.78, 5) is 11.8. The van der Waals surface area contributed by atoms with Crippen molar-refractivity contribution in [2.24, 2.45) is 0 Å². The molecule has 2 atom stereocenters. The van der Waals surface area contributed by atoms with Crippen LogP contribution in [0.25, 0.3) is 0 Å². The van der Waals surface area contributed by atoms with E-state index in [1.165, 1.54) is 11.1 Å². The van der Waals surface area contributed by atoms with Crippen LogP contribution in [-0.2, 0) is 29.0 Å². The van der Waals surface area contributed by atoms with Crippen LogP contribution in [0.1, 0.15) is 80.7 Å². The van der Waals surface area contributed by atoms with E-state index in [2.05, 4.69) is 46.8 Å². The van der Waals surface area contributed by atoms with Crippen LogP contribution < -0.4 is 9.47 Å². The molecule has 178 valence electrons. The molecule has 5 heteroatoms. The number of esters is 1. The summed E-state index contributed by atoms with van der Waals surface area (Å²) in [5.74, 6) is 1.89. The smallest absolute Gasteiger partial charge is 0.308 e. The molecule has 0 aliphatic carbocycles. The monoisotopic (exact) mass is 452 g/mol. The Bertz CT molecular complexity index is 1010. The van der Waals surface area contributed by atoms with Crippen LogP contribution in [0.5, 0.6) is 11.5 Å². The number of ether oxygens (including phenoxy) is 3. The minimum absolute atomic E-state index is 0.0861. The molecule has 0 saturated carbocycles. The fraction of sp³-hybridized carbons (Fsp3) is 0.536. The van der Waals surface area contributed by atoms with Gasteiger partial charge in [0.25, 0.3) is 0 Å². The quantitative estimate of drug-likeness (QED) is 0.569. The van der Waals surface area contributed by atoms with Crippen LogP contribution >= 0.6 is 0 Å². The Kier molecular flexibility index (Phi) is 6.71. The van der Waals surface area contributed by atoms with Crippen LogP contribution in [-0.4, -0.2) is 28.9 Å². The number of fused-ring (bicyclic) bond motifs is 1. The molecule has 0 aromatic heterocycles. The average molecular weight is 453 g/mol. The number of carbonyl (C=O) groups is 1. The molecule has 0 unspecified atom stereocenters. The Morgan fingerprint density at radius 2 is 1.94 bits per heavy atom. The van der Waals surface area contributed by atoms with Gasteiger partial charge in [-0.15, -0.1) is 0 Å². The van der Waals surface area contributed by atoms with Crippen molar-refractivity contribution in [3.63, 3.8) is 0 Å². The summed E-state index contributed by atoms with van der Waals surface area (Å²) in [5.41, 5.74) is 5.53. The Morgan fingerprint density at radius 1 is 1.21 bits per heavy atom. The van der Waals surface area contributed by atoms with E-state index in [1.807, 2.05) is 18.2 Å². The summed E-state index contributed by atoms with van der Waals surface area (Å²) in [5, 5.41) is 10.00. The number of cyclic esters (lactones) is 1. The fourth-order valence-corrected chi connectivity index (χ4v) is 5.16. The molecule has 1 fully saturated rings. The molecule has 4 rings (SSSR count). The average Bonchev–Trinajstić information content (AvgIpc) is 3.05. The van der Waals surface area contributed by atoms with Crippen LogP contribution in [0.15, 0.2) is 30.3 Å². The first-order valence-corrected chi connectivity index (χ1v) is 12.1. The highest BCUT2D eigenvalue weighted by Crippen LogP contribution is 2.49. The Labute approximate surface area is 197 Å². The van der Waals surface area contributed by atoms with Gasteiger partial charge in [-0.05, 0) is 50.7 Å². The zero-order chi connectivity index (χ0) is 23.8. The second kappa shape index (κ2) is 9.38. The number of rotatable bonds is 7. The van der Waals surface area contributed by atoms with Crippen LogP contribution in [0.4, 0.5) is 0 Å². The van der Waals surface area contributed by atoms with E-state index in [0.29, 0.717) is 31.8 Å². The second-order valence-electron chi connectivity index (χ2n) is 10.4. The van der Waals surface area contributed by atoms with E-state index in [-0.39, 0.29) is 24.1 Å². The van der Waals surface area contributed by atoms with Crippen molar-refractivity contribution in [3.8, 4) is 11.5 Å². The molecule has 0 amide bonds. The summed E-state index contributed by atoms with van der Waals surface area (Å²) in [6.45, 7) is 11.3. The lowest BCUT2D eigenvalue weighted by Gasteiger charge is -2.27. The first-order valence-electron chi connectivity index (χ1n) is 12.1. The van der Waals surface area contributed by atoms with E-state index >= 15 is 0 Å². The summed E-state index contributed by atoms with van der Waals surface area (Å²) in [6, 6.07) is 10.2. The predicted molar refractivity (Wildman–Crippen MR) is 128 cm³/mol. The lowest BCUT2D eigenvalue weighted by atomic mass is 9.85. The van der Waals surface area contributed by atoms with Gasteiger partial charge in [-0.25, -0.2) is 0 Å². The van der Waals surface area contributed by atoms with E-state index in [0.717, 1.165) is 34.6 Å². The minimum Gasteiger partial charge on any atom is -0.488 e. The highest BCUT2D eigenvalue weighted by atomic mass is 16.5. The molecule has 5 nitrogen and oxygen atoms in total. The summed E-state index contributed by atoms with van der Waals surface area (Å²) in [7, 11) is 0. The number of hydrogen-bond acceptors (Lipinski definition) is 5. The van der Waals surface area contributed by atoms with Crippen molar-refractivity contribution in [2.45, 2.75) is 97.1 Å². The predicted octanol–water partition coefficient (Wildman–Crippen LogP) is 5.41. The molecule has 0 spiro atoms. The van der Waals surface area contributed by atoms with Crippen molar-refractivity contribution in [3.05, 3.63) is 58.1 Å². The lowest BCUT2D eigenvalue weighted by Crippen LogP contribution is -2.32. The van der Waals surface area contributed by atoms with Gasteiger partial charge in [-0.1, -0.05) is 44.2 Å². The maximum absolute atomic E-state index is 11.8. The summed E-state index contributed by atoms with van der Waals surface area (Å²) in [6.07, 6.45) is 1.87. The normalized spacial score (nSPS) is 21.5. The van der Waals surface area contributed by atoms with Gasteiger partial charge < -0.3 is 19.3 Å². The third-order valence-electron chi connectivity index (χ3n) is 6.65. The molecule has 2 heterocycles. The molecule has 1 N–H and O–H groups in total. The molecule has 0 bridgehead atoms. The topological polar surface area (TPSA) is 65.0 Å². The van der Waals surface area contributed by atoms with E-state index in [4.69, 9.17) is 14.2 Å². The largest absolute Gasteiger partial charge is 0.488 e. The van der Waals surface area contributed by atoms with Gasteiger partial charge in [0.05, 0.1) is 12.5 Å². The lowest BCUT2D eigenvalue weighted by molar-refractivity contribution is -0.160. The molecule has 33 heavy (non-hydrogen) atoms. The number of aliphatic hydroxyl groups is 1. The Hall–Kier alpha value is -2.53. The third-order valence-corrected chi connectivity index (χ3v) is 6.65. The van der Waals surface area contributed by atoms with E-state index in [9.17, 15) is 9.90 Å². The Balaban J connectivity index is 1.69. The fourth-order valence-electron chi connectivity index (χ4n) is 5.16. The van der Waals surface area contributed by atoms with Gasteiger partial charge in [0.15, 0.2) is 0 Å². The van der Waals surface area contributed by atoms with Crippen molar-refractivity contribution in [1.29, 1.82) is 0 Å². The number of hydrogen-bond donors (Lipinski definition) is 1. The number of carbonyl (C=O) groups excluding carboxylic acids is 1. The van der Waals surface area contributed by atoms with Gasteiger partial charge in [0.2, 0.25) is 0 Å². The molecule has 2 aromatic rings. The maximum atomic E-state index is 11.8. The Morgan fingerprint density at radius 3 is 2.61 bits per heavy atom. The number of benzene rings is 2. The minimum atomic E-state index is -0.619. The van der Waals surface area contributed by atoms with Gasteiger partial charge in [-0.2, -0.15) is 0 Å². The van der Waals surface area contributed by atoms with Gasteiger partial charge in [0, 0.05) is 29.5 Å². The van der Waals surface area contributed by atoms with Crippen LogP contribution in [0.3, 0.4) is 0 Å². The van der Waals surface area contributed by atoms with Crippen LogP contribution in [0, 0.1) is 6.92 Å². The molecular weight excluding hydrogens is 416 g/mol. The first kappa shape index (κ1) is 23.6. The van der Waals surface area contributed by atoms with Crippen LogP contribution in [0.2, 0.25) is 0 Å². The van der Waals surface area contributed by atoms with Crippen molar-refractivity contribution < 1.29 is 24.1 Å². The standard InChI is InChI=1S/C28H36O5/c1-17(2)25-23-15-28(4,5)33-27(23)22(12-11-21-13-20(29)14-24(30)32-21)18(3)26(25)31-16-19-9-7-6-8-10-19/h6-10,17,20-21,29H,11-16H2,1-5H3/t20-,21-/m0/s1. The van der Waals surface area contributed by atoms with Gasteiger partial charge >= 0.3 is 5.97 Å². The summed E-state index contributed by atoms with van der Waals surface area (Å²) >= 11 is 0. The van der Waals surface area contributed by atoms with Crippen molar-refractivity contribution in [2.75, 3.05) is 0 Å². The van der Waals surface area contributed by atoms with Gasteiger partial charge in [-0.3, -0.25) is 4.79 Å².